The molecule has 0 amide bonds. The van der Waals surface area contributed by atoms with Gasteiger partial charge in [0.1, 0.15) is 33.5 Å². The first-order valence-electron chi connectivity index (χ1n) is 33.2. The third-order valence-electron chi connectivity index (χ3n) is 19.4. The van der Waals surface area contributed by atoms with Crippen molar-refractivity contribution in [1.82, 2.24) is 18.3 Å². The maximum Gasteiger partial charge on any atom is 0.492 e. The van der Waals surface area contributed by atoms with Gasteiger partial charge >= 0.3 is 7.12 Å². The third-order valence-corrected chi connectivity index (χ3v) is 20.4. The lowest BCUT2D eigenvalue weighted by atomic mass is 9.79. The minimum Gasteiger partial charge on any atom is -0.456 e. The Morgan fingerprint density at radius 1 is 0.250 bits per heavy atom. The van der Waals surface area contributed by atoms with Crippen LogP contribution in [0.2, 0.25) is 0 Å². The molecule has 0 aliphatic carbocycles. The Labute approximate surface area is 588 Å². The molecule has 100 heavy (non-hydrogen) atoms. The van der Waals surface area contributed by atoms with E-state index in [0.29, 0.717) is 11.0 Å². The lowest BCUT2D eigenvalue weighted by Gasteiger charge is -2.11. The lowest BCUT2D eigenvalue weighted by molar-refractivity contribution is 0.425. The minimum absolute atomic E-state index is 0.397. The van der Waals surface area contributed by atoms with Crippen molar-refractivity contribution < 1.29 is 23.3 Å². The van der Waals surface area contributed by atoms with E-state index in [2.05, 4.69) is 305 Å². The molecule has 0 saturated carbocycles. The second-order valence-electron chi connectivity index (χ2n) is 25.1. The van der Waals surface area contributed by atoms with Gasteiger partial charge in [0.15, 0.2) is 0 Å². The van der Waals surface area contributed by atoms with Gasteiger partial charge in [0, 0.05) is 102 Å². The van der Waals surface area contributed by atoms with Crippen LogP contribution in [0, 0.1) is 0 Å². The highest BCUT2D eigenvalue weighted by atomic mass is 79.9. The van der Waals surface area contributed by atoms with Crippen LogP contribution >= 0.6 is 31.9 Å². The summed E-state index contributed by atoms with van der Waals surface area (Å²) >= 11 is 7.36. The average Bonchev–Trinajstić information content (AvgIpc) is 1.54. The van der Waals surface area contributed by atoms with Gasteiger partial charge in [-0.05, 0) is 126 Å². The molecule has 7 aromatic heterocycles. The van der Waals surface area contributed by atoms with Gasteiger partial charge < -0.3 is 41.6 Å². The Morgan fingerprint density at radius 2 is 0.540 bits per heavy atom. The van der Waals surface area contributed by atoms with Gasteiger partial charge in [0.25, 0.3) is 0 Å². The maximum atomic E-state index is 9.24. The Balaban J connectivity index is 0.000000126. The first-order chi connectivity index (χ1) is 49.3. The molecule has 12 heteroatoms. The fourth-order valence-corrected chi connectivity index (χ4v) is 15.8. The molecule has 0 radical (unpaired) electrons. The number of halogens is 2. The maximum absolute atomic E-state index is 9.24. The fourth-order valence-electron chi connectivity index (χ4n) is 15.1. The van der Waals surface area contributed by atoms with Crippen molar-refractivity contribution in [1.29, 1.82) is 0 Å². The molecule has 0 atom stereocenters. The van der Waals surface area contributed by atoms with E-state index < -0.39 is 7.12 Å². The standard InChI is InChI=1S/C50H30N2O2.C26H16Br2N2.C12H9BO3/c1-3-13-33(14-4-1)51-43-29-31(35-19-11-21-39-37-17-7-9-23-45(37)53-49(35)39)25-27-41(43)48-47(51)42-28-26-32(30-44(42)52(48)34-15-5-2-6-16-34)36-20-12-22-40-38-18-8-10-24-46(38)54-50(36)40;27-17-11-13-21-23(15-17)29(19-7-3-1-4-8-19)25-22-14-12-18(28)16-24(22)30(26(21)25)20-9-5-2-6-10-20;14-13(15)10-6-3-5-9-8-4-1-2-7-11(8)16-12(9)10/h1-30H;1-16H;1-7,14-15H. The molecule has 0 fully saturated rings. The number of nitrogens with zero attached hydrogens (tertiary/aromatic N) is 4. The van der Waals surface area contributed by atoms with E-state index in [-0.39, 0.29) is 0 Å². The second kappa shape index (κ2) is 24.0. The van der Waals surface area contributed by atoms with E-state index >= 15 is 0 Å². The topological polar surface area (TPSA) is 99.6 Å². The van der Waals surface area contributed by atoms with E-state index in [1.54, 1.807) is 12.1 Å². The van der Waals surface area contributed by atoms with Gasteiger partial charge in [-0.1, -0.05) is 238 Å². The normalized spacial score (nSPS) is 11.8. The molecule has 474 valence electrons. The van der Waals surface area contributed by atoms with E-state index in [0.717, 1.165) is 125 Å². The molecular weight excluding hydrogens is 1360 g/mol. The van der Waals surface area contributed by atoms with Crippen LogP contribution in [-0.2, 0) is 0 Å². The van der Waals surface area contributed by atoms with Crippen LogP contribution in [0.1, 0.15) is 0 Å². The number of fused-ring (bicyclic) bond motifs is 19. The highest BCUT2D eigenvalue weighted by Gasteiger charge is 2.27. The molecule has 0 aliphatic heterocycles. The third kappa shape index (κ3) is 9.58. The average molecular weight is 1420 g/mol. The number of hydrogen-bond acceptors (Lipinski definition) is 5. The Kier molecular flexibility index (Phi) is 14.2. The van der Waals surface area contributed by atoms with Crippen LogP contribution in [0.3, 0.4) is 0 Å². The van der Waals surface area contributed by atoms with Crippen LogP contribution in [0.5, 0.6) is 0 Å². The number of aromatic nitrogens is 4. The van der Waals surface area contributed by atoms with E-state index in [1.807, 2.05) is 54.6 Å². The SMILES string of the molecule is Brc1ccc2c(c1)n(-c1ccccc1)c1c3ccc(Br)cc3n(-c3ccccc3)c21.OB(O)c1cccc2c1oc1ccccc12.c1ccc(-n2c3cc(-c4cccc5c4oc4ccccc45)ccc3c3c2c2ccc(-c4cccc5c4oc4ccccc45)cc2n3-c2ccccc2)cc1. The van der Waals surface area contributed by atoms with Crippen molar-refractivity contribution in [3.8, 4) is 45.0 Å². The number of hydrogen-bond donors (Lipinski definition) is 2. The van der Waals surface area contributed by atoms with Crippen molar-refractivity contribution in [3.63, 3.8) is 0 Å². The molecule has 0 unspecified atom stereocenters. The summed E-state index contributed by atoms with van der Waals surface area (Å²) in [6.45, 7) is 0. The summed E-state index contributed by atoms with van der Waals surface area (Å²) < 4.78 is 30.4. The number of rotatable bonds is 7. The smallest absolute Gasteiger partial charge is 0.456 e. The molecule has 21 rings (SSSR count). The van der Waals surface area contributed by atoms with Gasteiger partial charge in [-0.2, -0.15) is 0 Å². The molecule has 0 bridgehead atoms. The van der Waals surface area contributed by atoms with Gasteiger partial charge in [-0.25, -0.2) is 0 Å². The Morgan fingerprint density at radius 3 is 0.900 bits per heavy atom. The van der Waals surface area contributed by atoms with Crippen LogP contribution in [0.4, 0.5) is 0 Å². The monoisotopic (exact) mass is 1420 g/mol. The molecule has 0 aliphatic rings. The molecule has 21 aromatic rings. The van der Waals surface area contributed by atoms with Gasteiger partial charge in [-0.3, -0.25) is 0 Å². The van der Waals surface area contributed by atoms with Gasteiger partial charge in [-0.15, -0.1) is 0 Å². The first-order valence-corrected chi connectivity index (χ1v) is 34.7. The number of furan rings is 3. The first kappa shape index (κ1) is 59.4. The highest BCUT2D eigenvalue weighted by molar-refractivity contribution is 9.10. The molecule has 0 saturated heterocycles. The van der Waals surface area contributed by atoms with Crippen molar-refractivity contribution in [2.24, 2.45) is 0 Å². The van der Waals surface area contributed by atoms with Crippen molar-refractivity contribution in [2.75, 3.05) is 0 Å². The summed E-state index contributed by atoms with van der Waals surface area (Å²) in [5, 5.41) is 29.7. The van der Waals surface area contributed by atoms with Crippen molar-refractivity contribution >= 4 is 176 Å². The molecule has 7 heterocycles. The summed E-state index contributed by atoms with van der Waals surface area (Å²) in [5.74, 6) is 0. The van der Waals surface area contributed by atoms with Crippen LogP contribution in [0.15, 0.2) is 344 Å². The summed E-state index contributed by atoms with van der Waals surface area (Å²) in [7, 11) is -1.51. The summed E-state index contributed by atoms with van der Waals surface area (Å²) in [4.78, 5) is 0. The Bertz CT molecular complexity index is 6430. The number of para-hydroxylation sites is 10. The second-order valence-corrected chi connectivity index (χ2v) is 27.0. The summed E-state index contributed by atoms with van der Waals surface area (Å²) in [5.41, 5.74) is 23.7. The zero-order valence-electron chi connectivity index (χ0n) is 53.3. The van der Waals surface area contributed by atoms with Gasteiger partial charge in [0.2, 0.25) is 0 Å². The fraction of sp³-hybridized carbons (Fsp3) is 0. The molecular formula is C88H55BBr2N4O5. The zero-order valence-corrected chi connectivity index (χ0v) is 56.5. The number of benzene rings is 14. The lowest BCUT2D eigenvalue weighted by Crippen LogP contribution is -2.29. The Hall–Kier alpha value is -11.9. The summed E-state index contributed by atoms with van der Waals surface area (Å²) in [6.07, 6.45) is 0. The van der Waals surface area contributed by atoms with Crippen molar-refractivity contribution in [3.05, 3.63) is 330 Å². The van der Waals surface area contributed by atoms with Crippen molar-refractivity contribution in [2.45, 2.75) is 0 Å². The predicted molar refractivity (Wildman–Crippen MR) is 420 cm³/mol. The molecule has 2 N–H and O–H groups in total. The molecule has 9 nitrogen and oxygen atoms in total. The highest BCUT2D eigenvalue weighted by Crippen LogP contribution is 2.47. The zero-order chi connectivity index (χ0) is 66.7. The van der Waals surface area contributed by atoms with Crippen LogP contribution in [-0.4, -0.2) is 35.4 Å². The molecule has 14 aromatic carbocycles. The van der Waals surface area contributed by atoms with E-state index in [1.165, 1.54) is 54.6 Å². The van der Waals surface area contributed by atoms with Crippen LogP contribution in [0.25, 0.3) is 176 Å². The van der Waals surface area contributed by atoms with Gasteiger partial charge in [0.05, 0.1) is 44.1 Å². The largest absolute Gasteiger partial charge is 0.492 e. The predicted octanol–water partition coefficient (Wildman–Crippen LogP) is 23.4. The molecule has 0 spiro atoms. The minimum atomic E-state index is -1.51. The van der Waals surface area contributed by atoms with E-state index in [4.69, 9.17) is 13.3 Å². The summed E-state index contributed by atoms with van der Waals surface area (Å²) in [6, 6.07) is 112. The van der Waals surface area contributed by atoms with E-state index in [9.17, 15) is 10.0 Å². The quantitative estimate of drug-likeness (QED) is 0.155. The van der Waals surface area contributed by atoms with Crippen LogP contribution < -0.4 is 5.46 Å².